The molecule has 3 atom stereocenters. The van der Waals surface area contributed by atoms with Crippen molar-refractivity contribution in [3.63, 3.8) is 0 Å². The number of aliphatic hydroxyl groups excluding tert-OH is 1. The van der Waals surface area contributed by atoms with Gasteiger partial charge in [0.15, 0.2) is 0 Å². The zero-order valence-electron chi connectivity index (χ0n) is 61.4. The van der Waals surface area contributed by atoms with Crippen molar-refractivity contribution in [2.75, 3.05) is 40.9 Å². The Kier molecular flexibility index (Phi) is 70.3. The third-order valence-electron chi connectivity index (χ3n) is 17.1. The molecule has 3 unspecified atom stereocenters. The SMILES string of the molecule is CC/C=C\C/C=C\C/C=C\C/C=C\C/C=C\C/C=C\C/C=C\C/C=C\CCCCCCCCCCCCCCCCCCC(=O)NC(COP(=O)([O-])OCC[N+](C)(C)C)C(O)/C=C/CC/C=C/CC/C=C/CCCCCCCCCCCCCCCCCCCCCC. The first-order chi connectivity index (χ1) is 45.5. The van der Waals surface area contributed by atoms with Crippen molar-refractivity contribution in [3.05, 3.63) is 134 Å². The van der Waals surface area contributed by atoms with Crippen molar-refractivity contribution in [2.24, 2.45) is 0 Å². The van der Waals surface area contributed by atoms with Gasteiger partial charge >= 0.3 is 0 Å². The van der Waals surface area contributed by atoms with Crippen LogP contribution in [0.3, 0.4) is 0 Å². The first-order valence-corrected chi connectivity index (χ1v) is 40.5. The van der Waals surface area contributed by atoms with Gasteiger partial charge in [0.25, 0.3) is 7.82 Å². The Morgan fingerprint density at radius 2 is 0.667 bits per heavy atom. The van der Waals surface area contributed by atoms with Gasteiger partial charge in [-0.1, -0.05) is 359 Å². The van der Waals surface area contributed by atoms with Gasteiger partial charge < -0.3 is 28.8 Å². The van der Waals surface area contributed by atoms with E-state index in [9.17, 15) is 19.4 Å². The van der Waals surface area contributed by atoms with Crippen LogP contribution in [0.15, 0.2) is 134 Å². The number of quaternary nitrogens is 1. The maximum absolute atomic E-state index is 13.1. The zero-order valence-corrected chi connectivity index (χ0v) is 62.3. The van der Waals surface area contributed by atoms with E-state index < -0.39 is 26.6 Å². The van der Waals surface area contributed by atoms with Crippen LogP contribution in [0.4, 0.5) is 0 Å². The summed E-state index contributed by atoms with van der Waals surface area (Å²) < 4.78 is 23.5. The van der Waals surface area contributed by atoms with Crippen molar-refractivity contribution >= 4 is 13.7 Å². The highest BCUT2D eigenvalue weighted by Crippen LogP contribution is 2.38. The number of phosphoric acid groups is 1. The fourth-order valence-electron chi connectivity index (χ4n) is 11.1. The summed E-state index contributed by atoms with van der Waals surface area (Å²) in [4.78, 5) is 25.7. The van der Waals surface area contributed by atoms with Crippen molar-refractivity contribution in [3.8, 4) is 0 Å². The van der Waals surface area contributed by atoms with Gasteiger partial charge in [0.2, 0.25) is 5.91 Å². The van der Waals surface area contributed by atoms with Gasteiger partial charge in [-0.05, 0) is 109 Å². The molecule has 93 heavy (non-hydrogen) atoms. The molecule has 0 bridgehead atoms. The molecule has 0 aliphatic heterocycles. The molecule has 0 heterocycles. The van der Waals surface area contributed by atoms with Crippen LogP contribution in [0.25, 0.3) is 0 Å². The van der Waals surface area contributed by atoms with Gasteiger partial charge in [-0.3, -0.25) is 9.36 Å². The standard InChI is InChI=1S/C84H149N2O6P/c1-6-8-10-12-14-16-18-20-22-24-26-28-30-32-34-36-38-39-40-41-42-43-44-45-46-47-48-50-52-54-56-58-60-62-64-66-68-70-72-74-76-78-84(88)85-82(81-92-93(89,90)91-80-79-86(3,4)5)83(87)77-75-73-71-69-67-65-63-61-59-57-55-53-51-49-37-35-33-31-29-27-25-23-21-19-17-15-13-11-9-7-2/h8,10,14,16,20,22,26,28,32,34,38-39,41-42,44-45,59,61,67,69,75,77,82-83,87H,6-7,9,11-13,15,17-19,21,23-25,27,29-31,33,35-37,40,43,46-58,60,62-66,68,70-74,76,78-81H2,1-5H3,(H-,85,88,89,90)/b10-8-,16-14-,22-20-,28-26-,34-32-,39-38-,42-41-,45-44-,61-59+,69-67+,77-75+. The van der Waals surface area contributed by atoms with Crippen LogP contribution in [0.2, 0.25) is 0 Å². The van der Waals surface area contributed by atoms with E-state index in [0.717, 1.165) is 96.3 Å². The quantitative estimate of drug-likeness (QED) is 0.0272. The number of phosphoric ester groups is 1. The molecule has 2 N–H and O–H groups in total. The number of aliphatic hydroxyl groups is 1. The second-order valence-electron chi connectivity index (χ2n) is 27.3. The number of nitrogens with zero attached hydrogens (tertiary/aromatic N) is 1. The molecule has 536 valence electrons. The summed E-state index contributed by atoms with van der Waals surface area (Å²) >= 11 is 0. The van der Waals surface area contributed by atoms with Crippen molar-refractivity contribution in [2.45, 2.75) is 353 Å². The number of allylic oxidation sites excluding steroid dienone is 21. The zero-order chi connectivity index (χ0) is 67.6. The summed E-state index contributed by atoms with van der Waals surface area (Å²) in [6.45, 7) is 4.53. The van der Waals surface area contributed by atoms with Crippen LogP contribution in [-0.2, 0) is 18.4 Å². The predicted octanol–water partition coefficient (Wildman–Crippen LogP) is 25.1. The van der Waals surface area contributed by atoms with Gasteiger partial charge in [-0.2, -0.15) is 0 Å². The minimum atomic E-state index is -4.63. The van der Waals surface area contributed by atoms with Gasteiger partial charge in [0.1, 0.15) is 13.2 Å². The van der Waals surface area contributed by atoms with E-state index in [1.807, 2.05) is 27.2 Å². The number of carbonyl (C=O) groups is 1. The molecule has 0 aromatic carbocycles. The molecular weight excluding hydrogens is 1160 g/mol. The summed E-state index contributed by atoms with van der Waals surface area (Å²) in [6.07, 6.45) is 110. The van der Waals surface area contributed by atoms with E-state index in [1.165, 1.54) is 225 Å². The molecule has 0 saturated carbocycles. The topological polar surface area (TPSA) is 108 Å². The minimum Gasteiger partial charge on any atom is -0.756 e. The Hall–Kier alpha value is -3.36. The maximum atomic E-state index is 13.1. The molecule has 0 spiro atoms. The smallest absolute Gasteiger partial charge is 0.268 e. The lowest BCUT2D eigenvalue weighted by Crippen LogP contribution is -2.45. The second-order valence-corrected chi connectivity index (χ2v) is 28.7. The summed E-state index contributed by atoms with van der Waals surface area (Å²) in [5, 5.41) is 14.0. The van der Waals surface area contributed by atoms with E-state index in [1.54, 1.807) is 6.08 Å². The van der Waals surface area contributed by atoms with Crippen LogP contribution >= 0.6 is 7.82 Å². The number of unbranched alkanes of at least 4 members (excludes halogenated alkanes) is 38. The highest BCUT2D eigenvalue weighted by Gasteiger charge is 2.23. The number of hydrogen-bond acceptors (Lipinski definition) is 6. The lowest BCUT2D eigenvalue weighted by molar-refractivity contribution is -0.870. The third-order valence-corrected chi connectivity index (χ3v) is 18.0. The molecule has 0 fully saturated rings. The lowest BCUT2D eigenvalue weighted by atomic mass is 10.0. The van der Waals surface area contributed by atoms with E-state index in [-0.39, 0.29) is 12.5 Å². The van der Waals surface area contributed by atoms with E-state index in [0.29, 0.717) is 17.4 Å². The molecule has 9 heteroatoms. The fourth-order valence-corrected chi connectivity index (χ4v) is 11.8. The monoisotopic (exact) mass is 1310 g/mol. The maximum Gasteiger partial charge on any atom is 0.268 e. The van der Waals surface area contributed by atoms with Crippen LogP contribution in [-0.4, -0.2) is 68.5 Å². The van der Waals surface area contributed by atoms with Crippen molar-refractivity contribution in [1.29, 1.82) is 0 Å². The Labute approximate surface area is 576 Å². The van der Waals surface area contributed by atoms with Crippen molar-refractivity contribution < 1.29 is 32.9 Å². The molecule has 0 rings (SSSR count). The second kappa shape index (κ2) is 72.9. The van der Waals surface area contributed by atoms with Gasteiger partial charge in [0.05, 0.1) is 39.9 Å². The molecule has 1 amide bonds. The van der Waals surface area contributed by atoms with Gasteiger partial charge in [-0.25, -0.2) is 0 Å². The Morgan fingerprint density at radius 3 is 1.00 bits per heavy atom. The number of likely N-dealkylation sites (N-methyl/N-ethyl adjacent to an activating group) is 1. The van der Waals surface area contributed by atoms with Crippen molar-refractivity contribution in [1.82, 2.24) is 5.32 Å². The molecule has 0 aromatic rings. The highest BCUT2D eigenvalue weighted by molar-refractivity contribution is 7.45. The molecule has 0 aliphatic rings. The van der Waals surface area contributed by atoms with Gasteiger partial charge in [-0.15, -0.1) is 0 Å². The normalized spacial score (nSPS) is 14.3. The number of nitrogens with one attached hydrogen (secondary N) is 1. The third kappa shape index (κ3) is 75.9. The predicted molar refractivity (Wildman–Crippen MR) is 408 cm³/mol. The molecule has 0 radical (unpaired) electrons. The van der Waals surface area contributed by atoms with Crippen LogP contribution in [0, 0.1) is 0 Å². The fraction of sp³-hybridized carbons (Fsp3) is 0.726. The summed E-state index contributed by atoms with van der Waals surface area (Å²) in [5.74, 6) is -0.211. The molecule has 8 nitrogen and oxygen atoms in total. The average Bonchev–Trinajstić information content (AvgIpc) is 2.75. The van der Waals surface area contributed by atoms with E-state index in [2.05, 4.69) is 141 Å². The van der Waals surface area contributed by atoms with Crippen LogP contribution < -0.4 is 10.2 Å². The number of hydrogen-bond donors (Lipinski definition) is 2. The van der Waals surface area contributed by atoms with E-state index >= 15 is 0 Å². The number of rotatable bonds is 71. The Morgan fingerprint density at radius 1 is 0.387 bits per heavy atom. The van der Waals surface area contributed by atoms with Crippen LogP contribution in [0.1, 0.15) is 341 Å². The lowest BCUT2D eigenvalue weighted by Gasteiger charge is -2.29. The minimum absolute atomic E-state index is 0.0131. The largest absolute Gasteiger partial charge is 0.756 e. The summed E-state index contributed by atoms with van der Waals surface area (Å²) in [6, 6.07) is -0.919. The average molecular weight is 1310 g/mol. The Bertz CT molecular complexity index is 1990. The Balaban J connectivity index is 4.07. The molecule has 0 saturated heterocycles. The molecule has 0 aromatic heterocycles. The number of amides is 1. The first-order valence-electron chi connectivity index (χ1n) is 39.0. The number of carbonyl (C=O) groups excluding carboxylic acids is 1. The van der Waals surface area contributed by atoms with E-state index in [4.69, 9.17) is 9.05 Å². The molecule has 0 aliphatic carbocycles. The highest BCUT2D eigenvalue weighted by atomic mass is 31.2. The summed E-state index contributed by atoms with van der Waals surface area (Å²) in [5.41, 5.74) is 0. The van der Waals surface area contributed by atoms with Crippen LogP contribution in [0.5, 0.6) is 0 Å². The summed E-state index contributed by atoms with van der Waals surface area (Å²) in [7, 11) is 1.23. The first kappa shape index (κ1) is 89.6. The molecular formula is C84H149N2O6P. The van der Waals surface area contributed by atoms with Gasteiger partial charge in [0, 0.05) is 6.42 Å².